The molecule has 0 saturated heterocycles. The molecule has 7 heteroatoms. The molecular weight excluding hydrogens is 332 g/mol. The Hall–Kier alpha value is -1.63. The van der Waals surface area contributed by atoms with Gasteiger partial charge in [0.1, 0.15) is 0 Å². The minimum absolute atomic E-state index is 0.0920. The van der Waals surface area contributed by atoms with E-state index in [1.165, 1.54) is 6.08 Å². The van der Waals surface area contributed by atoms with Crippen LogP contribution >= 0.6 is 15.9 Å². The summed E-state index contributed by atoms with van der Waals surface area (Å²) < 4.78 is 13.7. The number of carbonyl (C=O) groups excluding carboxylic acids is 3. The summed E-state index contributed by atoms with van der Waals surface area (Å²) >= 11 is 3.11. The monoisotopic (exact) mass is 348 g/mol. The minimum Gasteiger partial charge on any atom is -0.463 e. The van der Waals surface area contributed by atoms with Gasteiger partial charge in [-0.2, -0.15) is 0 Å². The second kappa shape index (κ2) is 10.2. The Kier molecular flexibility index (Phi) is 9.36. The Bertz CT molecular complexity index is 425. The summed E-state index contributed by atoms with van der Waals surface area (Å²) in [7, 11) is 0. The number of ether oxygens (including phenoxy) is 3. The second-order valence-electron chi connectivity index (χ2n) is 3.58. The Morgan fingerprint density at radius 1 is 1.10 bits per heavy atom. The summed E-state index contributed by atoms with van der Waals surface area (Å²) in [6.45, 7) is 5.24. The zero-order valence-electron chi connectivity index (χ0n) is 11.6. The summed E-state index contributed by atoms with van der Waals surface area (Å²) in [5.74, 6) is -1.52. The lowest BCUT2D eigenvalue weighted by molar-refractivity contribution is -0.143. The minimum atomic E-state index is -1.09. The fourth-order valence-corrected chi connectivity index (χ4v) is 1.28. The molecule has 0 saturated carbocycles. The van der Waals surface area contributed by atoms with Gasteiger partial charge in [-0.1, -0.05) is 15.9 Å². The molecule has 0 aromatic carbocycles. The van der Waals surface area contributed by atoms with Crippen LogP contribution in [0.15, 0.2) is 22.2 Å². The van der Waals surface area contributed by atoms with Gasteiger partial charge in [0.2, 0.25) is 0 Å². The third kappa shape index (κ3) is 7.73. The number of allylic oxidation sites excluding steroid dienone is 2. The molecule has 0 radical (unpaired) electrons. The molecule has 6 nitrogen and oxygen atoms in total. The van der Waals surface area contributed by atoms with Gasteiger partial charge in [0.05, 0.1) is 19.6 Å². The fraction of sp³-hybridized carbons (Fsp3) is 0.462. The first-order valence-corrected chi connectivity index (χ1v) is 6.88. The Balaban J connectivity index is 4.81. The van der Waals surface area contributed by atoms with E-state index >= 15 is 0 Å². The van der Waals surface area contributed by atoms with E-state index in [1.807, 2.05) is 0 Å². The van der Waals surface area contributed by atoms with Gasteiger partial charge in [0.25, 0.3) is 0 Å². The highest BCUT2D eigenvalue weighted by Gasteiger charge is 2.19. The van der Waals surface area contributed by atoms with Gasteiger partial charge in [0.15, 0.2) is 0 Å². The first-order chi connectivity index (χ1) is 9.44. The average Bonchev–Trinajstić information content (AvgIpc) is 2.38. The zero-order valence-corrected chi connectivity index (χ0v) is 13.2. The van der Waals surface area contributed by atoms with Crippen LogP contribution in [0.25, 0.3) is 0 Å². The van der Waals surface area contributed by atoms with Crippen molar-refractivity contribution in [1.82, 2.24) is 0 Å². The summed E-state index contributed by atoms with van der Waals surface area (Å²) in [5.41, 5.74) is 0.798. The number of esters is 2. The Morgan fingerprint density at radius 2 is 1.70 bits per heavy atom. The van der Waals surface area contributed by atoms with E-state index in [2.05, 4.69) is 25.4 Å². The molecule has 0 amide bonds. The van der Waals surface area contributed by atoms with Gasteiger partial charge in [-0.15, -0.1) is 0 Å². The molecule has 0 rings (SSSR count). The van der Waals surface area contributed by atoms with E-state index in [4.69, 9.17) is 4.74 Å². The largest absolute Gasteiger partial charge is 0.516 e. The van der Waals surface area contributed by atoms with E-state index in [1.54, 1.807) is 25.8 Å². The van der Waals surface area contributed by atoms with Gasteiger partial charge in [-0.25, -0.2) is 9.59 Å². The summed E-state index contributed by atoms with van der Waals surface area (Å²) in [6.07, 6.45) is 0.00286. The van der Waals surface area contributed by atoms with Crippen LogP contribution in [0.5, 0.6) is 0 Å². The first-order valence-electron chi connectivity index (χ1n) is 5.96. The van der Waals surface area contributed by atoms with Gasteiger partial charge in [0, 0.05) is 5.57 Å². The van der Waals surface area contributed by atoms with Crippen molar-refractivity contribution >= 4 is 34.0 Å². The van der Waals surface area contributed by atoms with Crippen molar-refractivity contribution in [2.75, 3.05) is 13.2 Å². The van der Waals surface area contributed by atoms with Crippen molar-refractivity contribution in [1.29, 1.82) is 0 Å². The smallest absolute Gasteiger partial charge is 0.463 e. The average molecular weight is 349 g/mol. The van der Waals surface area contributed by atoms with Crippen LogP contribution in [0.1, 0.15) is 27.2 Å². The molecule has 0 fully saturated rings. The number of halogens is 1. The van der Waals surface area contributed by atoms with Crippen LogP contribution in [0.4, 0.5) is 4.79 Å². The highest BCUT2D eigenvalue weighted by atomic mass is 79.9. The van der Waals surface area contributed by atoms with Crippen LogP contribution in [0.3, 0.4) is 0 Å². The van der Waals surface area contributed by atoms with Crippen molar-refractivity contribution in [3.05, 3.63) is 22.2 Å². The van der Waals surface area contributed by atoms with Crippen LogP contribution < -0.4 is 0 Å². The molecule has 0 aliphatic rings. The Labute approximate surface area is 125 Å². The van der Waals surface area contributed by atoms with Gasteiger partial charge >= 0.3 is 18.1 Å². The third-order valence-electron chi connectivity index (χ3n) is 1.91. The lowest BCUT2D eigenvalue weighted by Crippen LogP contribution is -2.17. The highest BCUT2D eigenvalue weighted by Crippen LogP contribution is 2.11. The predicted molar refractivity (Wildman–Crippen MR) is 75.1 cm³/mol. The molecule has 0 aliphatic carbocycles. The van der Waals surface area contributed by atoms with Crippen LogP contribution in [0, 0.1) is 0 Å². The standard InChI is InChI=1S/C13H17BrO6/c1-4-18-12(16)10(6-9(3)8-14)7-11(15)20-13(17)19-5-2/h6,8H,4-5,7H2,1-3H3/b9-8+,10-6+. The molecule has 0 bridgehead atoms. The van der Waals surface area contributed by atoms with E-state index in [9.17, 15) is 14.4 Å². The second-order valence-corrected chi connectivity index (χ2v) is 4.03. The lowest BCUT2D eigenvalue weighted by Gasteiger charge is -2.07. The third-order valence-corrected chi connectivity index (χ3v) is 2.63. The maximum atomic E-state index is 11.7. The van der Waals surface area contributed by atoms with Crippen LogP contribution in [0.2, 0.25) is 0 Å². The maximum absolute atomic E-state index is 11.7. The summed E-state index contributed by atoms with van der Waals surface area (Å²) in [4.78, 5) is 35.8. The number of hydrogen-bond donors (Lipinski definition) is 0. The normalized spacial score (nSPS) is 11.8. The van der Waals surface area contributed by atoms with Crippen molar-refractivity contribution < 1.29 is 28.6 Å². The number of carbonyl (C=O) groups is 3. The molecule has 0 atom stereocenters. The van der Waals surface area contributed by atoms with Crippen molar-refractivity contribution in [2.24, 2.45) is 0 Å². The molecule has 20 heavy (non-hydrogen) atoms. The topological polar surface area (TPSA) is 78.9 Å². The zero-order chi connectivity index (χ0) is 15.5. The highest BCUT2D eigenvalue weighted by molar-refractivity contribution is 9.11. The molecule has 0 unspecified atom stereocenters. The predicted octanol–water partition coefficient (Wildman–Crippen LogP) is 2.86. The number of rotatable bonds is 6. The van der Waals surface area contributed by atoms with Gasteiger partial charge in [-0.05, 0) is 37.4 Å². The molecule has 112 valence electrons. The van der Waals surface area contributed by atoms with Crippen LogP contribution in [-0.2, 0) is 23.8 Å². The SMILES string of the molecule is CCOC(=O)OC(=O)C/C(=C\C(C)=C\Br)C(=O)OCC. The molecule has 0 N–H and O–H groups in total. The molecule has 0 aliphatic heterocycles. The molecule has 0 aromatic rings. The summed E-state index contributed by atoms with van der Waals surface area (Å²) in [5, 5.41) is 0. The van der Waals surface area contributed by atoms with Crippen molar-refractivity contribution in [3.63, 3.8) is 0 Å². The van der Waals surface area contributed by atoms with Gasteiger partial charge < -0.3 is 14.2 Å². The number of hydrogen-bond acceptors (Lipinski definition) is 6. The molecular formula is C13H17BrO6. The van der Waals surface area contributed by atoms with Crippen molar-refractivity contribution in [2.45, 2.75) is 27.2 Å². The van der Waals surface area contributed by atoms with E-state index in [0.717, 1.165) is 0 Å². The quantitative estimate of drug-likeness (QED) is 0.318. The van der Waals surface area contributed by atoms with E-state index in [0.29, 0.717) is 5.57 Å². The molecule has 0 aromatic heterocycles. The van der Waals surface area contributed by atoms with E-state index in [-0.39, 0.29) is 25.2 Å². The van der Waals surface area contributed by atoms with Gasteiger partial charge in [-0.3, -0.25) is 4.79 Å². The lowest BCUT2D eigenvalue weighted by atomic mass is 10.1. The summed E-state index contributed by atoms with van der Waals surface area (Å²) in [6, 6.07) is 0. The Morgan fingerprint density at radius 3 is 2.20 bits per heavy atom. The molecule has 0 spiro atoms. The van der Waals surface area contributed by atoms with E-state index < -0.39 is 18.1 Å². The fourth-order valence-electron chi connectivity index (χ4n) is 1.14. The first kappa shape index (κ1) is 18.4. The molecule has 0 heterocycles. The maximum Gasteiger partial charge on any atom is 0.516 e. The van der Waals surface area contributed by atoms with Crippen molar-refractivity contribution in [3.8, 4) is 0 Å². The van der Waals surface area contributed by atoms with Crippen LogP contribution in [-0.4, -0.2) is 31.3 Å².